The van der Waals surface area contributed by atoms with Gasteiger partial charge in [-0.2, -0.15) is 5.10 Å². The Bertz CT molecular complexity index is 301. The van der Waals surface area contributed by atoms with Crippen LogP contribution in [0.5, 0.6) is 0 Å². The number of anilines is 1. The van der Waals surface area contributed by atoms with Gasteiger partial charge in [0.2, 0.25) is 5.92 Å². The SMILES string of the molecule is Cc1cc(N)nn1CCCC(C)(F)F. The van der Waals surface area contributed by atoms with Gasteiger partial charge in [-0.05, 0) is 20.3 Å². The first-order valence-corrected chi connectivity index (χ1v) is 4.56. The van der Waals surface area contributed by atoms with Crippen LogP contribution >= 0.6 is 0 Å². The first kappa shape index (κ1) is 10.9. The zero-order chi connectivity index (χ0) is 10.8. The molecule has 0 saturated heterocycles. The normalized spacial score (nSPS) is 12.0. The van der Waals surface area contributed by atoms with Gasteiger partial charge in [-0.25, -0.2) is 8.78 Å². The lowest BCUT2D eigenvalue weighted by Gasteiger charge is -2.09. The van der Waals surface area contributed by atoms with Crippen LogP contribution in [-0.2, 0) is 6.54 Å². The summed E-state index contributed by atoms with van der Waals surface area (Å²) in [6.07, 6.45) is 0.289. The maximum absolute atomic E-state index is 12.5. The summed E-state index contributed by atoms with van der Waals surface area (Å²) < 4.78 is 26.6. The molecule has 0 aromatic carbocycles. The Hall–Kier alpha value is -1.13. The standard InChI is InChI=1S/C9H15F2N3/c1-7-6-8(12)13-14(7)5-3-4-9(2,10)11/h6H,3-5H2,1-2H3,(H2,12,13). The highest BCUT2D eigenvalue weighted by atomic mass is 19.3. The molecule has 1 rings (SSSR count). The van der Waals surface area contributed by atoms with Crippen molar-refractivity contribution in [2.75, 3.05) is 5.73 Å². The molecule has 0 atom stereocenters. The van der Waals surface area contributed by atoms with Crippen molar-refractivity contribution in [3.63, 3.8) is 0 Å². The highest BCUT2D eigenvalue weighted by molar-refractivity contribution is 5.28. The van der Waals surface area contributed by atoms with Crippen molar-refractivity contribution in [1.29, 1.82) is 0 Å². The summed E-state index contributed by atoms with van der Waals surface area (Å²) in [5.41, 5.74) is 6.36. The van der Waals surface area contributed by atoms with Crippen LogP contribution in [0.3, 0.4) is 0 Å². The van der Waals surface area contributed by atoms with Crippen LogP contribution in [0, 0.1) is 6.92 Å². The second kappa shape index (κ2) is 3.94. The third-order valence-corrected chi connectivity index (χ3v) is 1.99. The molecule has 0 radical (unpaired) electrons. The lowest BCUT2D eigenvalue weighted by Crippen LogP contribution is -2.12. The third kappa shape index (κ3) is 3.32. The van der Waals surface area contributed by atoms with Gasteiger partial charge in [0.1, 0.15) is 5.82 Å². The molecule has 0 amide bonds. The van der Waals surface area contributed by atoms with Gasteiger partial charge in [-0.1, -0.05) is 0 Å². The highest BCUT2D eigenvalue weighted by Gasteiger charge is 2.20. The van der Waals surface area contributed by atoms with E-state index in [9.17, 15) is 8.78 Å². The maximum atomic E-state index is 12.5. The number of hydrogen-bond acceptors (Lipinski definition) is 2. The Labute approximate surface area is 81.9 Å². The minimum absolute atomic E-state index is 0.119. The summed E-state index contributed by atoms with van der Waals surface area (Å²) in [7, 11) is 0. The smallest absolute Gasteiger partial charge is 0.245 e. The van der Waals surface area contributed by atoms with E-state index in [1.807, 2.05) is 6.92 Å². The molecule has 3 nitrogen and oxygen atoms in total. The predicted octanol–water partition coefficient (Wildman–Crippen LogP) is 2.21. The largest absolute Gasteiger partial charge is 0.382 e. The van der Waals surface area contributed by atoms with E-state index >= 15 is 0 Å². The zero-order valence-corrected chi connectivity index (χ0v) is 8.43. The summed E-state index contributed by atoms with van der Waals surface area (Å²) in [6, 6.07) is 1.73. The van der Waals surface area contributed by atoms with Gasteiger partial charge in [-0.15, -0.1) is 0 Å². The van der Waals surface area contributed by atoms with Crippen molar-refractivity contribution >= 4 is 5.82 Å². The average Bonchev–Trinajstić information content (AvgIpc) is 2.27. The highest BCUT2D eigenvalue weighted by Crippen LogP contribution is 2.19. The predicted molar refractivity (Wildman–Crippen MR) is 51.2 cm³/mol. The molecule has 5 heteroatoms. The van der Waals surface area contributed by atoms with Crippen LogP contribution in [0.2, 0.25) is 0 Å². The van der Waals surface area contributed by atoms with Crippen molar-refractivity contribution in [3.8, 4) is 0 Å². The van der Waals surface area contributed by atoms with E-state index in [0.29, 0.717) is 18.8 Å². The average molecular weight is 203 g/mol. The fourth-order valence-electron chi connectivity index (χ4n) is 1.30. The number of aryl methyl sites for hydroxylation is 2. The van der Waals surface area contributed by atoms with Crippen molar-refractivity contribution in [3.05, 3.63) is 11.8 Å². The molecule has 14 heavy (non-hydrogen) atoms. The van der Waals surface area contributed by atoms with E-state index in [1.54, 1.807) is 10.7 Å². The van der Waals surface area contributed by atoms with Crippen LogP contribution < -0.4 is 5.73 Å². The monoisotopic (exact) mass is 203 g/mol. The number of alkyl halides is 2. The second-order valence-corrected chi connectivity index (χ2v) is 3.61. The minimum atomic E-state index is -2.59. The third-order valence-electron chi connectivity index (χ3n) is 1.99. The summed E-state index contributed by atoms with van der Waals surface area (Å²) in [5.74, 6) is -2.15. The zero-order valence-electron chi connectivity index (χ0n) is 8.43. The molecule has 0 aliphatic carbocycles. The van der Waals surface area contributed by atoms with E-state index in [1.165, 1.54) is 0 Å². The van der Waals surface area contributed by atoms with Crippen LogP contribution in [0.15, 0.2) is 6.07 Å². The van der Waals surface area contributed by atoms with Gasteiger partial charge >= 0.3 is 0 Å². The molecule has 0 bridgehead atoms. The molecular formula is C9H15F2N3. The molecule has 80 valence electrons. The van der Waals surface area contributed by atoms with Gasteiger partial charge in [0, 0.05) is 24.7 Å². The van der Waals surface area contributed by atoms with Crippen LogP contribution in [-0.4, -0.2) is 15.7 Å². The number of nitrogens with two attached hydrogens (primary N) is 1. The topological polar surface area (TPSA) is 43.8 Å². The minimum Gasteiger partial charge on any atom is -0.382 e. The quantitative estimate of drug-likeness (QED) is 0.815. The van der Waals surface area contributed by atoms with Crippen molar-refractivity contribution < 1.29 is 8.78 Å². The van der Waals surface area contributed by atoms with Crippen LogP contribution in [0.4, 0.5) is 14.6 Å². The summed E-state index contributed by atoms with van der Waals surface area (Å²) in [5, 5.41) is 3.98. The molecule has 1 aromatic heterocycles. The Morgan fingerprint density at radius 2 is 2.21 bits per heavy atom. The fourth-order valence-corrected chi connectivity index (χ4v) is 1.30. The lowest BCUT2D eigenvalue weighted by atomic mass is 10.2. The van der Waals surface area contributed by atoms with E-state index in [-0.39, 0.29) is 6.42 Å². The van der Waals surface area contributed by atoms with E-state index in [0.717, 1.165) is 12.6 Å². The Kier molecular flexibility index (Phi) is 3.08. The van der Waals surface area contributed by atoms with Gasteiger partial charge < -0.3 is 5.73 Å². The molecule has 0 spiro atoms. The number of nitrogen functional groups attached to an aromatic ring is 1. The maximum Gasteiger partial charge on any atom is 0.245 e. The van der Waals surface area contributed by atoms with Crippen molar-refractivity contribution in [2.45, 2.75) is 39.2 Å². The first-order valence-electron chi connectivity index (χ1n) is 4.56. The molecule has 0 aliphatic heterocycles. The second-order valence-electron chi connectivity index (χ2n) is 3.61. The van der Waals surface area contributed by atoms with Crippen LogP contribution in [0.1, 0.15) is 25.5 Å². The van der Waals surface area contributed by atoms with Gasteiger partial charge in [-0.3, -0.25) is 4.68 Å². The summed E-state index contributed by atoms with van der Waals surface area (Å²) >= 11 is 0. The molecule has 0 saturated carbocycles. The Balaban J connectivity index is 2.42. The number of hydrogen-bond donors (Lipinski definition) is 1. The van der Waals surface area contributed by atoms with Gasteiger partial charge in [0.25, 0.3) is 0 Å². The first-order chi connectivity index (χ1) is 6.38. The van der Waals surface area contributed by atoms with E-state index < -0.39 is 5.92 Å². The summed E-state index contributed by atoms with van der Waals surface area (Å²) in [6.45, 7) is 3.28. The van der Waals surface area contributed by atoms with Gasteiger partial charge in [0.15, 0.2) is 0 Å². The molecule has 0 fully saturated rings. The molecule has 2 N–H and O–H groups in total. The molecule has 1 heterocycles. The number of rotatable bonds is 4. The Morgan fingerprint density at radius 3 is 2.64 bits per heavy atom. The number of aromatic nitrogens is 2. The lowest BCUT2D eigenvalue weighted by molar-refractivity contribution is 0.00967. The fraction of sp³-hybridized carbons (Fsp3) is 0.667. The van der Waals surface area contributed by atoms with E-state index in [2.05, 4.69) is 5.10 Å². The summed E-state index contributed by atoms with van der Waals surface area (Å²) in [4.78, 5) is 0. The Morgan fingerprint density at radius 1 is 1.57 bits per heavy atom. The molecule has 0 aliphatic rings. The van der Waals surface area contributed by atoms with E-state index in [4.69, 9.17) is 5.73 Å². The number of halogens is 2. The van der Waals surface area contributed by atoms with Crippen molar-refractivity contribution in [1.82, 2.24) is 9.78 Å². The van der Waals surface area contributed by atoms with Crippen LogP contribution in [0.25, 0.3) is 0 Å². The molecule has 0 unspecified atom stereocenters. The van der Waals surface area contributed by atoms with Gasteiger partial charge in [0.05, 0.1) is 0 Å². The van der Waals surface area contributed by atoms with Crippen molar-refractivity contribution in [2.24, 2.45) is 0 Å². The molecular weight excluding hydrogens is 188 g/mol. The molecule has 1 aromatic rings. The number of nitrogens with zero attached hydrogens (tertiary/aromatic N) is 2.